The predicted octanol–water partition coefficient (Wildman–Crippen LogP) is 1.65. The molecule has 1 unspecified atom stereocenters. The van der Waals surface area contributed by atoms with Gasteiger partial charge in [0.05, 0.1) is 5.41 Å². The molecular weight excluding hydrogens is 280 g/mol. The van der Waals surface area contributed by atoms with E-state index in [-0.39, 0.29) is 24.0 Å². The largest absolute Gasteiger partial charge is 0.508 e. The van der Waals surface area contributed by atoms with E-state index in [1.807, 2.05) is 38.9 Å². The monoisotopic (exact) mass is 304 g/mol. The SMILES string of the molecule is CN(C)CCC1(c2cccc(O)c2)C(=O)NC(=O)CC1(C)C. The molecule has 1 fully saturated rings. The molecule has 1 heterocycles. The van der Waals surface area contributed by atoms with Crippen molar-refractivity contribution >= 4 is 11.8 Å². The zero-order valence-corrected chi connectivity index (χ0v) is 13.6. The van der Waals surface area contributed by atoms with Crippen LogP contribution in [0.4, 0.5) is 0 Å². The molecule has 1 saturated heterocycles. The Morgan fingerprint density at radius 1 is 1.27 bits per heavy atom. The summed E-state index contributed by atoms with van der Waals surface area (Å²) in [4.78, 5) is 26.7. The van der Waals surface area contributed by atoms with Crippen molar-refractivity contribution < 1.29 is 14.7 Å². The smallest absolute Gasteiger partial charge is 0.237 e. The molecule has 120 valence electrons. The Balaban J connectivity index is 2.58. The third-order valence-electron chi connectivity index (χ3n) is 4.67. The second-order valence-corrected chi connectivity index (χ2v) is 6.95. The molecule has 0 radical (unpaired) electrons. The molecule has 0 aromatic heterocycles. The van der Waals surface area contributed by atoms with Crippen LogP contribution < -0.4 is 5.32 Å². The van der Waals surface area contributed by atoms with Gasteiger partial charge in [-0.15, -0.1) is 0 Å². The second-order valence-electron chi connectivity index (χ2n) is 6.95. The van der Waals surface area contributed by atoms with Crippen molar-refractivity contribution in [1.82, 2.24) is 10.2 Å². The van der Waals surface area contributed by atoms with Crippen LogP contribution in [0.15, 0.2) is 24.3 Å². The zero-order chi connectivity index (χ0) is 16.5. The summed E-state index contributed by atoms with van der Waals surface area (Å²) in [5.41, 5.74) is -0.621. The van der Waals surface area contributed by atoms with Crippen molar-refractivity contribution in [3.63, 3.8) is 0 Å². The highest BCUT2D eigenvalue weighted by Gasteiger charge is 2.56. The lowest BCUT2D eigenvalue weighted by molar-refractivity contribution is -0.145. The predicted molar refractivity (Wildman–Crippen MR) is 84.5 cm³/mol. The highest BCUT2D eigenvalue weighted by atomic mass is 16.3. The molecule has 2 N–H and O–H groups in total. The third kappa shape index (κ3) is 2.73. The first-order chi connectivity index (χ1) is 10.2. The molecule has 0 spiro atoms. The standard InChI is InChI=1S/C17H24N2O3/c1-16(2)11-14(21)18-15(22)17(16,8-9-19(3)4)12-6-5-7-13(20)10-12/h5-7,10,20H,8-9,11H2,1-4H3,(H,18,21,22). The van der Waals surface area contributed by atoms with Gasteiger partial charge in [0, 0.05) is 6.42 Å². The maximum Gasteiger partial charge on any atom is 0.237 e. The first kappa shape index (κ1) is 16.5. The molecular formula is C17H24N2O3. The van der Waals surface area contributed by atoms with E-state index in [9.17, 15) is 14.7 Å². The minimum atomic E-state index is -0.843. The molecule has 1 aromatic rings. The minimum Gasteiger partial charge on any atom is -0.508 e. The van der Waals surface area contributed by atoms with Gasteiger partial charge in [0.1, 0.15) is 5.75 Å². The Morgan fingerprint density at radius 3 is 2.50 bits per heavy atom. The van der Waals surface area contributed by atoms with Gasteiger partial charge in [-0.05, 0) is 50.2 Å². The average molecular weight is 304 g/mol. The number of rotatable bonds is 4. The van der Waals surface area contributed by atoms with Crippen LogP contribution in [0.5, 0.6) is 5.75 Å². The molecule has 5 heteroatoms. The Labute approximate surface area is 131 Å². The number of carbonyl (C=O) groups is 2. The van der Waals surface area contributed by atoms with Crippen LogP contribution in [0.25, 0.3) is 0 Å². The van der Waals surface area contributed by atoms with Gasteiger partial charge in [0.2, 0.25) is 11.8 Å². The van der Waals surface area contributed by atoms with Crippen molar-refractivity contribution in [3.8, 4) is 5.75 Å². The van der Waals surface area contributed by atoms with Crippen molar-refractivity contribution in [2.45, 2.75) is 32.1 Å². The van der Waals surface area contributed by atoms with E-state index < -0.39 is 10.8 Å². The molecule has 1 aliphatic heterocycles. The Bertz CT molecular complexity index is 595. The van der Waals surface area contributed by atoms with Crippen molar-refractivity contribution in [3.05, 3.63) is 29.8 Å². The molecule has 5 nitrogen and oxygen atoms in total. The van der Waals surface area contributed by atoms with Gasteiger partial charge >= 0.3 is 0 Å². The summed E-state index contributed by atoms with van der Waals surface area (Å²) < 4.78 is 0. The molecule has 1 atom stereocenters. The van der Waals surface area contributed by atoms with Crippen LogP contribution in [0, 0.1) is 5.41 Å². The van der Waals surface area contributed by atoms with Crippen molar-refractivity contribution in [2.75, 3.05) is 20.6 Å². The lowest BCUT2D eigenvalue weighted by Gasteiger charge is -2.49. The zero-order valence-electron chi connectivity index (χ0n) is 13.6. The summed E-state index contributed by atoms with van der Waals surface area (Å²) in [6.45, 7) is 4.60. The number of benzene rings is 1. The fourth-order valence-corrected chi connectivity index (χ4v) is 3.42. The number of phenols is 1. The lowest BCUT2D eigenvalue weighted by Crippen LogP contribution is -2.61. The van der Waals surface area contributed by atoms with Gasteiger partial charge in [-0.2, -0.15) is 0 Å². The fraction of sp³-hybridized carbons (Fsp3) is 0.529. The van der Waals surface area contributed by atoms with Crippen LogP contribution >= 0.6 is 0 Å². The van der Waals surface area contributed by atoms with E-state index in [1.165, 1.54) is 0 Å². The maximum atomic E-state index is 12.8. The van der Waals surface area contributed by atoms with Crippen LogP contribution in [0.2, 0.25) is 0 Å². The quantitative estimate of drug-likeness (QED) is 0.830. The number of phenolic OH excluding ortho intramolecular Hbond substituents is 1. The Morgan fingerprint density at radius 2 is 1.95 bits per heavy atom. The second kappa shape index (κ2) is 5.72. The molecule has 1 aromatic carbocycles. The number of hydrogen-bond acceptors (Lipinski definition) is 4. The highest BCUT2D eigenvalue weighted by Crippen LogP contribution is 2.49. The summed E-state index contributed by atoms with van der Waals surface area (Å²) >= 11 is 0. The Hall–Kier alpha value is -1.88. The minimum absolute atomic E-state index is 0.127. The third-order valence-corrected chi connectivity index (χ3v) is 4.67. The first-order valence-corrected chi connectivity index (χ1v) is 7.47. The highest BCUT2D eigenvalue weighted by molar-refractivity contribution is 6.04. The number of imide groups is 1. The number of nitrogens with zero attached hydrogens (tertiary/aromatic N) is 1. The van der Waals surface area contributed by atoms with Gasteiger partial charge in [0.25, 0.3) is 0 Å². The molecule has 0 aliphatic carbocycles. The molecule has 1 aliphatic rings. The number of carbonyl (C=O) groups excluding carboxylic acids is 2. The summed E-state index contributed by atoms with van der Waals surface area (Å²) in [6.07, 6.45) is 0.859. The number of piperidine rings is 1. The number of amides is 2. The van der Waals surface area contributed by atoms with Gasteiger partial charge in [-0.1, -0.05) is 26.0 Å². The molecule has 2 amide bonds. The number of nitrogens with one attached hydrogen (secondary N) is 1. The van der Waals surface area contributed by atoms with E-state index in [0.717, 1.165) is 5.56 Å². The van der Waals surface area contributed by atoms with E-state index >= 15 is 0 Å². The average Bonchev–Trinajstić information content (AvgIpc) is 2.36. The normalized spacial score (nSPS) is 24.4. The van der Waals surface area contributed by atoms with Gasteiger partial charge < -0.3 is 10.0 Å². The topological polar surface area (TPSA) is 69.6 Å². The van der Waals surface area contributed by atoms with Gasteiger partial charge in [0.15, 0.2) is 0 Å². The van der Waals surface area contributed by atoms with Crippen LogP contribution in [0.3, 0.4) is 0 Å². The first-order valence-electron chi connectivity index (χ1n) is 7.47. The van der Waals surface area contributed by atoms with Crippen molar-refractivity contribution in [2.24, 2.45) is 5.41 Å². The van der Waals surface area contributed by atoms with Gasteiger partial charge in [-0.25, -0.2) is 0 Å². The molecule has 2 rings (SSSR count). The van der Waals surface area contributed by atoms with Crippen LogP contribution in [-0.2, 0) is 15.0 Å². The van der Waals surface area contributed by atoms with E-state index in [4.69, 9.17) is 0 Å². The summed E-state index contributed by atoms with van der Waals surface area (Å²) in [7, 11) is 3.91. The van der Waals surface area contributed by atoms with Gasteiger partial charge in [-0.3, -0.25) is 14.9 Å². The van der Waals surface area contributed by atoms with Crippen molar-refractivity contribution in [1.29, 1.82) is 0 Å². The molecule has 0 saturated carbocycles. The van der Waals surface area contributed by atoms with Crippen LogP contribution in [-0.4, -0.2) is 42.5 Å². The number of aromatic hydroxyl groups is 1. The van der Waals surface area contributed by atoms with E-state index in [0.29, 0.717) is 13.0 Å². The fourth-order valence-electron chi connectivity index (χ4n) is 3.42. The molecule has 0 bridgehead atoms. The maximum absolute atomic E-state index is 12.8. The van der Waals surface area contributed by atoms with E-state index in [1.54, 1.807) is 18.2 Å². The molecule has 22 heavy (non-hydrogen) atoms. The summed E-state index contributed by atoms with van der Waals surface area (Å²) in [5.74, 6) is -0.390. The Kier molecular flexibility index (Phi) is 4.29. The van der Waals surface area contributed by atoms with Crippen LogP contribution in [0.1, 0.15) is 32.3 Å². The van der Waals surface area contributed by atoms with E-state index in [2.05, 4.69) is 5.32 Å². The summed E-state index contributed by atoms with van der Waals surface area (Å²) in [6, 6.07) is 6.81. The number of hydrogen-bond donors (Lipinski definition) is 2. The summed E-state index contributed by atoms with van der Waals surface area (Å²) in [5, 5.41) is 12.3. The lowest BCUT2D eigenvalue weighted by atomic mass is 9.56.